The predicted octanol–water partition coefficient (Wildman–Crippen LogP) is 1.37. The minimum Gasteiger partial charge on any atom is -0.382 e. The van der Waals surface area contributed by atoms with Gasteiger partial charge in [0.2, 0.25) is 0 Å². The summed E-state index contributed by atoms with van der Waals surface area (Å²) in [5.74, 6) is -0.159. The number of ether oxygens (including phenoxy) is 2. The predicted molar refractivity (Wildman–Crippen MR) is 68.7 cm³/mol. The second-order valence-electron chi connectivity index (χ2n) is 3.54. The van der Waals surface area contributed by atoms with Gasteiger partial charge in [-0.2, -0.15) is 0 Å². The molecule has 0 aromatic heterocycles. The van der Waals surface area contributed by atoms with Crippen molar-refractivity contribution >= 4 is 18.5 Å². The minimum atomic E-state index is -0.159. The van der Waals surface area contributed by atoms with Crippen LogP contribution in [0.1, 0.15) is 10.4 Å². The highest BCUT2D eigenvalue weighted by molar-refractivity contribution is 7.80. The van der Waals surface area contributed by atoms with Gasteiger partial charge in [-0.15, -0.1) is 12.6 Å². The first kappa shape index (κ1) is 14.0. The summed E-state index contributed by atoms with van der Waals surface area (Å²) in [5.41, 5.74) is 0.558. The first-order valence-electron chi connectivity index (χ1n) is 5.27. The quantitative estimate of drug-likeness (QED) is 0.755. The molecule has 4 nitrogen and oxygen atoms in total. The van der Waals surface area contributed by atoms with E-state index < -0.39 is 0 Å². The normalized spacial score (nSPS) is 12.2. The maximum Gasteiger partial charge on any atom is 0.252 e. The van der Waals surface area contributed by atoms with Crippen LogP contribution in [0.15, 0.2) is 29.2 Å². The minimum absolute atomic E-state index is 0.143. The van der Waals surface area contributed by atoms with Gasteiger partial charge in [0, 0.05) is 25.7 Å². The van der Waals surface area contributed by atoms with Crippen LogP contribution in [0.5, 0.6) is 0 Å². The lowest BCUT2D eigenvalue weighted by Gasteiger charge is -2.15. The summed E-state index contributed by atoms with van der Waals surface area (Å²) < 4.78 is 10.1. The molecule has 1 N–H and O–H groups in total. The van der Waals surface area contributed by atoms with Gasteiger partial charge in [-0.05, 0) is 12.1 Å². The van der Waals surface area contributed by atoms with Crippen molar-refractivity contribution in [2.75, 3.05) is 27.4 Å². The Bertz CT molecular complexity index is 371. The Labute approximate surface area is 107 Å². The van der Waals surface area contributed by atoms with Gasteiger partial charge in [0.25, 0.3) is 5.91 Å². The van der Waals surface area contributed by atoms with E-state index in [4.69, 9.17) is 9.47 Å². The molecule has 1 rings (SSSR count). The maximum absolute atomic E-state index is 11.8. The Hall–Kier alpha value is -1.04. The molecule has 0 radical (unpaired) electrons. The molecule has 0 aliphatic rings. The summed E-state index contributed by atoms with van der Waals surface area (Å²) >= 11 is 4.23. The number of hydrogen-bond acceptors (Lipinski definition) is 4. The number of benzene rings is 1. The molecule has 0 heterocycles. The molecular formula is C12H17NO3S. The Morgan fingerprint density at radius 3 is 2.71 bits per heavy atom. The lowest BCUT2D eigenvalue weighted by molar-refractivity contribution is 0.0285. The van der Waals surface area contributed by atoms with Gasteiger partial charge in [0.05, 0.1) is 18.3 Å². The molecule has 1 atom stereocenters. The second-order valence-corrected chi connectivity index (χ2v) is 4.02. The van der Waals surface area contributed by atoms with Crippen molar-refractivity contribution in [3.05, 3.63) is 29.8 Å². The average molecular weight is 255 g/mol. The zero-order valence-electron chi connectivity index (χ0n) is 9.97. The van der Waals surface area contributed by atoms with Crippen LogP contribution in [0.2, 0.25) is 0 Å². The Morgan fingerprint density at radius 1 is 1.41 bits per heavy atom. The summed E-state index contributed by atoms with van der Waals surface area (Å²) in [4.78, 5) is 12.5. The van der Waals surface area contributed by atoms with Crippen LogP contribution in [0.3, 0.4) is 0 Å². The van der Waals surface area contributed by atoms with Gasteiger partial charge in [0.15, 0.2) is 0 Å². The number of carbonyl (C=O) groups excluding carboxylic acids is 1. The Morgan fingerprint density at radius 2 is 2.12 bits per heavy atom. The van der Waals surface area contributed by atoms with Crippen LogP contribution < -0.4 is 5.32 Å². The van der Waals surface area contributed by atoms with Crippen LogP contribution in [-0.4, -0.2) is 39.4 Å². The molecular weight excluding hydrogens is 238 g/mol. The van der Waals surface area contributed by atoms with E-state index in [1.807, 2.05) is 6.07 Å². The largest absolute Gasteiger partial charge is 0.382 e. The highest BCUT2D eigenvalue weighted by Crippen LogP contribution is 2.12. The molecule has 1 amide bonds. The van der Waals surface area contributed by atoms with Crippen LogP contribution in [0, 0.1) is 0 Å². The van der Waals surface area contributed by atoms with Crippen molar-refractivity contribution in [3.8, 4) is 0 Å². The first-order valence-corrected chi connectivity index (χ1v) is 5.71. The number of hydrogen-bond donors (Lipinski definition) is 2. The van der Waals surface area contributed by atoms with Crippen LogP contribution in [-0.2, 0) is 9.47 Å². The average Bonchev–Trinajstić information content (AvgIpc) is 2.34. The summed E-state index contributed by atoms with van der Waals surface area (Å²) in [5, 5.41) is 2.78. The monoisotopic (exact) mass is 255 g/mol. The Kier molecular flexibility index (Phi) is 6.04. The molecule has 94 valence electrons. The molecule has 0 saturated heterocycles. The van der Waals surface area contributed by atoms with Crippen LogP contribution >= 0.6 is 12.6 Å². The number of rotatable bonds is 6. The highest BCUT2D eigenvalue weighted by Gasteiger charge is 2.12. The van der Waals surface area contributed by atoms with E-state index in [-0.39, 0.29) is 12.0 Å². The zero-order chi connectivity index (χ0) is 12.7. The third kappa shape index (κ3) is 4.38. The molecule has 0 spiro atoms. The van der Waals surface area contributed by atoms with Gasteiger partial charge in [-0.25, -0.2) is 0 Å². The lowest BCUT2D eigenvalue weighted by Crippen LogP contribution is -2.35. The molecule has 0 saturated carbocycles. The van der Waals surface area contributed by atoms with Gasteiger partial charge < -0.3 is 14.8 Å². The topological polar surface area (TPSA) is 47.6 Å². The molecule has 5 heteroatoms. The maximum atomic E-state index is 11.8. The second kappa shape index (κ2) is 7.32. The van der Waals surface area contributed by atoms with Crippen LogP contribution in [0.4, 0.5) is 0 Å². The van der Waals surface area contributed by atoms with E-state index in [0.717, 1.165) is 0 Å². The summed E-state index contributed by atoms with van der Waals surface area (Å²) in [6, 6.07) is 7.15. The van der Waals surface area contributed by atoms with Crippen LogP contribution in [0.25, 0.3) is 0 Å². The molecule has 1 aromatic rings. The SMILES string of the molecule is COCC(CNC(=O)c1ccccc1S)OC. The molecule has 0 fully saturated rings. The van der Waals surface area contributed by atoms with E-state index in [2.05, 4.69) is 17.9 Å². The van der Waals surface area contributed by atoms with Crippen molar-refractivity contribution < 1.29 is 14.3 Å². The molecule has 0 aliphatic heterocycles. The molecule has 1 aromatic carbocycles. The molecule has 0 bridgehead atoms. The third-order valence-corrected chi connectivity index (χ3v) is 2.71. The van der Waals surface area contributed by atoms with Gasteiger partial charge in [-0.3, -0.25) is 4.79 Å². The fraction of sp³-hybridized carbons (Fsp3) is 0.417. The smallest absolute Gasteiger partial charge is 0.252 e. The van der Waals surface area contributed by atoms with E-state index in [1.165, 1.54) is 0 Å². The first-order chi connectivity index (χ1) is 8.19. The van der Waals surface area contributed by atoms with E-state index in [1.54, 1.807) is 32.4 Å². The summed E-state index contributed by atoms with van der Waals surface area (Å²) in [6.45, 7) is 0.852. The van der Waals surface area contributed by atoms with Crippen molar-refractivity contribution in [1.82, 2.24) is 5.32 Å². The summed E-state index contributed by atoms with van der Waals surface area (Å²) in [6.07, 6.45) is -0.143. The van der Waals surface area contributed by atoms with E-state index in [0.29, 0.717) is 23.6 Å². The lowest BCUT2D eigenvalue weighted by atomic mass is 10.2. The van der Waals surface area contributed by atoms with E-state index in [9.17, 15) is 4.79 Å². The van der Waals surface area contributed by atoms with Gasteiger partial charge in [0.1, 0.15) is 0 Å². The van der Waals surface area contributed by atoms with Crippen molar-refractivity contribution in [2.24, 2.45) is 0 Å². The van der Waals surface area contributed by atoms with Crippen molar-refractivity contribution in [1.29, 1.82) is 0 Å². The highest BCUT2D eigenvalue weighted by atomic mass is 32.1. The van der Waals surface area contributed by atoms with Gasteiger partial charge >= 0.3 is 0 Å². The third-order valence-electron chi connectivity index (χ3n) is 2.32. The Balaban J connectivity index is 2.52. The standard InChI is InChI=1S/C12H17NO3S/c1-15-8-9(16-2)7-13-12(14)10-5-3-4-6-11(10)17/h3-6,9,17H,7-8H2,1-2H3,(H,13,14). The molecule has 17 heavy (non-hydrogen) atoms. The molecule has 1 unspecified atom stereocenters. The fourth-order valence-electron chi connectivity index (χ4n) is 1.36. The van der Waals surface area contributed by atoms with Gasteiger partial charge in [-0.1, -0.05) is 12.1 Å². The fourth-order valence-corrected chi connectivity index (χ4v) is 1.63. The summed E-state index contributed by atoms with van der Waals surface area (Å²) in [7, 11) is 3.18. The zero-order valence-corrected chi connectivity index (χ0v) is 10.9. The number of amides is 1. The van der Waals surface area contributed by atoms with Crippen molar-refractivity contribution in [3.63, 3.8) is 0 Å². The number of carbonyl (C=O) groups is 1. The molecule has 0 aliphatic carbocycles. The number of nitrogens with one attached hydrogen (secondary N) is 1. The van der Waals surface area contributed by atoms with Crippen molar-refractivity contribution in [2.45, 2.75) is 11.0 Å². The number of thiol groups is 1. The number of methoxy groups -OCH3 is 2. The van der Waals surface area contributed by atoms with E-state index >= 15 is 0 Å².